The van der Waals surface area contributed by atoms with Crippen molar-refractivity contribution in [2.75, 3.05) is 98.3 Å². The van der Waals surface area contributed by atoms with Gasteiger partial charge in [0.15, 0.2) is 0 Å². The highest BCUT2D eigenvalue weighted by Crippen LogP contribution is 2.28. The Morgan fingerprint density at radius 2 is 1.23 bits per heavy atom. The molecule has 3 aliphatic rings. The predicted octanol–water partition coefficient (Wildman–Crippen LogP) is 5.62. The Morgan fingerprint density at radius 3 is 1.73 bits per heavy atom. The maximum atomic E-state index is 12.0. The van der Waals surface area contributed by atoms with Crippen LogP contribution in [0.25, 0.3) is 0 Å². The summed E-state index contributed by atoms with van der Waals surface area (Å²) in [4.78, 5) is 34.1. The number of hydrogen-bond donors (Lipinski definition) is 2. The van der Waals surface area contributed by atoms with Gasteiger partial charge in [-0.3, -0.25) is 15.0 Å². The van der Waals surface area contributed by atoms with Crippen LogP contribution in [0.1, 0.15) is 111 Å². The van der Waals surface area contributed by atoms with Gasteiger partial charge >= 0.3 is 11.8 Å². The van der Waals surface area contributed by atoms with E-state index in [-0.39, 0.29) is 57.1 Å². The van der Waals surface area contributed by atoms with E-state index in [0.717, 1.165) is 77.4 Å². The molecule has 0 radical (unpaired) electrons. The highest BCUT2D eigenvalue weighted by atomic mass is 16.7. The predicted molar refractivity (Wildman–Crippen MR) is 262 cm³/mol. The lowest BCUT2D eigenvalue weighted by atomic mass is 10.1. The van der Waals surface area contributed by atoms with Gasteiger partial charge in [0.2, 0.25) is 16.3 Å². The minimum Gasteiger partial charge on any atom is -0.737 e. The first-order valence-electron chi connectivity index (χ1n) is 24.4. The molecule has 0 aromatic heterocycles. The quantitative estimate of drug-likeness (QED) is 0.0417. The molecule has 3 heterocycles. The number of nitrogens with zero attached hydrogens (tertiary/aromatic N) is 17. The van der Waals surface area contributed by atoms with Crippen LogP contribution in [0.3, 0.4) is 0 Å². The smallest absolute Gasteiger partial charge is 0.409 e. The van der Waals surface area contributed by atoms with E-state index in [4.69, 9.17) is 21.0 Å². The number of hydrogen-bond acceptors (Lipinski definition) is 21. The first-order valence-corrected chi connectivity index (χ1v) is 24.4. The third kappa shape index (κ3) is 27.9. The molecule has 420 valence electrons. The number of carbonyl (C=O) groups is 1. The largest absolute Gasteiger partial charge is 0.737 e. The standard InChI is InChI=1S/C14H19N5O6.C11H27N5O2.C6H13N3O2.C5H11N3O2.C4H11N3O2/c1-3-24-14(20)16-6-8-17(9-7-16)19(23)15-25-13-5-4-11(2)10-12(13)18(21)22;12-8-5-3-1-2-4-6-10-15(11-7-9-13)16(18)14-17;1-2-11-7-9(10)8-5-3-4-6-8;1-5-3-2-4-7(5)8(10)6-9;1-3-6(4-2)7(9)5-8/h4-5,10H,3,6-9H2,1-2H3;17H,1-13H2;2-6H2,1H3;5,9H,2-4H2,1H3;8H,3-4H2,1-2H3/p-3/b19-15-;16-14-;9-7-;8-6-;7-5-. The normalized spacial score (nSPS) is 16.1. The zero-order valence-corrected chi connectivity index (χ0v) is 43.2. The summed E-state index contributed by atoms with van der Waals surface area (Å²) < 4.78 is 4.89. The van der Waals surface area contributed by atoms with E-state index in [1.807, 2.05) is 6.92 Å². The molecule has 3 fully saturated rings. The average Bonchev–Trinajstić information content (AvgIpc) is 4.11. The topological polar surface area (TPSA) is 421 Å². The molecule has 1 aromatic rings. The fraction of sp³-hybridized carbons (Fsp3) is 0.825. The van der Waals surface area contributed by atoms with Gasteiger partial charge in [-0.05, 0) is 127 Å². The maximum Gasteiger partial charge on any atom is 0.409 e. The Hall–Kier alpha value is -7.19. The summed E-state index contributed by atoms with van der Waals surface area (Å²) >= 11 is 0. The van der Waals surface area contributed by atoms with E-state index in [1.165, 1.54) is 43.5 Å². The Balaban J connectivity index is 0.000000945. The summed E-state index contributed by atoms with van der Waals surface area (Å²) in [5, 5.41) is 116. The van der Waals surface area contributed by atoms with Gasteiger partial charge < -0.3 is 67.6 Å². The minimum atomic E-state index is -0.606. The molecule has 73 heavy (non-hydrogen) atoms. The molecule has 1 aromatic carbocycles. The zero-order valence-electron chi connectivity index (χ0n) is 43.2. The second-order valence-corrected chi connectivity index (χ2v) is 16.0. The van der Waals surface area contributed by atoms with E-state index in [9.17, 15) is 56.6 Å². The van der Waals surface area contributed by atoms with E-state index < -0.39 is 11.0 Å². The molecule has 0 saturated carbocycles. The minimum absolute atomic E-state index is 0.0556. The van der Waals surface area contributed by atoms with Gasteiger partial charge in [0.1, 0.15) is 6.61 Å². The van der Waals surface area contributed by atoms with E-state index in [0.29, 0.717) is 75.9 Å². The van der Waals surface area contributed by atoms with Crippen LogP contribution in [0.4, 0.5) is 10.5 Å². The number of amides is 1. The van der Waals surface area contributed by atoms with Gasteiger partial charge in [-0.1, -0.05) is 31.7 Å². The lowest BCUT2D eigenvalue weighted by Crippen LogP contribution is -2.50. The highest BCUT2D eigenvalue weighted by Gasteiger charge is 2.27. The Bertz CT molecular complexity index is 1800. The monoisotopic (exact) mass is 1050 g/mol. The van der Waals surface area contributed by atoms with Crippen LogP contribution in [0.5, 0.6) is 5.75 Å². The molecule has 3 saturated heterocycles. The third-order valence-electron chi connectivity index (χ3n) is 10.8. The van der Waals surface area contributed by atoms with Gasteiger partial charge in [0, 0.05) is 34.1 Å². The molecule has 4 N–H and O–H groups in total. The maximum absolute atomic E-state index is 12.0. The fourth-order valence-corrected chi connectivity index (χ4v) is 6.76. The van der Waals surface area contributed by atoms with Crippen molar-refractivity contribution in [3.8, 4) is 5.75 Å². The second kappa shape index (κ2) is 40.4. The van der Waals surface area contributed by atoms with Crippen molar-refractivity contribution in [2.24, 2.45) is 37.9 Å². The summed E-state index contributed by atoms with van der Waals surface area (Å²) in [5.41, 5.74) is 11.2. The number of hydrazine groups is 5. The van der Waals surface area contributed by atoms with Gasteiger partial charge in [-0.2, -0.15) is 5.01 Å². The first-order chi connectivity index (χ1) is 35.0. The lowest BCUT2D eigenvalue weighted by molar-refractivity contribution is -0.708. The van der Waals surface area contributed by atoms with Crippen LogP contribution in [0.2, 0.25) is 0 Å². The summed E-state index contributed by atoms with van der Waals surface area (Å²) in [6.45, 7) is 18.0. The molecule has 1 atom stereocenters. The van der Waals surface area contributed by atoms with Crippen molar-refractivity contribution < 1.29 is 49.0 Å². The number of unbranched alkanes of at least 4 members (excludes halogenated alkanes) is 5. The molecule has 1 amide bonds. The summed E-state index contributed by atoms with van der Waals surface area (Å²) in [6.07, 6.45) is 10.8. The van der Waals surface area contributed by atoms with Crippen LogP contribution in [-0.4, -0.2) is 170 Å². The third-order valence-corrected chi connectivity index (χ3v) is 10.8. The van der Waals surface area contributed by atoms with Gasteiger partial charge in [0.05, 0.1) is 86.4 Å². The van der Waals surface area contributed by atoms with Crippen LogP contribution in [0, 0.1) is 58.7 Å². The average molecular weight is 1050 g/mol. The molecule has 33 heteroatoms. The number of benzene rings is 1. The molecule has 3 aliphatic heterocycles. The Morgan fingerprint density at radius 1 is 0.685 bits per heavy atom. The summed E-state index contributed by atoms with van der Waals surface area (Å²) in [6, 6.07) is 4.49. The van der Waals surface area contributed by atoms with Crippen LogP contribution in [-0.2, 0) is 9.57 Å². The molecule has 0 aliphatic carbocycles. The number of aryl methyl sites for hydroxylation is 1. The van der Waals surface area contributed by atoms with Gasteiger partial charge in [-0.25, -0.2) is 4.79 Å². The van der Waals surface area contributed by atoms with Crippen molar-refractivity contribution in [1.82, 2.24) is 29.9 Å². The van der Waals surface area contributed by atoms with Crippen LogP contribution in [0.15, 0.2) is 44.6 Å². The number of nitro groups is 1. The lowest BCUT2D eigenvalue weighted by Gasteiger charge is -2.30. The molecule has 4 rings (SSSR count). The number of nitrogens with two attached hydrogens (primary N) is 2. The van der Waals surface area contributed by atoms with Gasteiger partial charge in [-0.15, -0.1) is 20.0 Å². The zero-order chi connectivity index (χ0) is 55.0. The van der Waals surface area contributed by atoms with E-state index in [1.54, 1.807) is 45.7 Å². The number of nitro benzene ring substituents is 1. The van der Waals surface area contributed by atoms with Crippen LogP contribution < -0.4 is 16.3 Å². The van der Waals surface area contributed by atoms with Crippen molar-refractivity contribution in [2.45, 2.75) is 118 Å². The molecule has 33 nitrogen and oxygen atoms in total. The highest BCUT2D eigenvalue weighted by molar-refractivity contribution is 5.67. The molecular formula is C40H78N19O14-3. The SMILES string of the molecule is CC1CCCN1/[N+]([O-])=N/[O-].CCN(CC)/[N+]([O-])=N/[O-].CCO/N=[N+](\[O-])N1CCCC1.CCOC(=O)N1CCN(/[N+]([O-])=N/Oc2ccc(C)cc2[N+](=O)[O-])CC1.NCCCCCCCCN(CCCN)/[N+]([O-])=N/[O-]. The molecular weight excluding hydrogens is 971 g/mol. The molecule has 1 unspecified atom stereocenters. The van der Waals surface area contributed by atoms with Crippen LogP contribution >= 0.6 is 0 Å². The molecule has 0 spiro atoms. The number of rotatable bonds is 24. The first kappa shape index (κ1) is 65.8. The van der Waals surface area contributed by atoms with Gasteiger partial charge in [0.25, 0.3) is 0 Å². The second-order valence-electron chi connectivity index (χ2n) is 16.0. The fourth-order valence-electron chi connectivity index (χ4n) is 6.76. The Labute approximate surface area is 425 Å². The van der Waals surface area contributed by atoms with E-state index >= 15 is 0 Å². The number of piperazine rings is 1. The Kier molecular flexibility index (Phi) is 36.4. The summed E-state index contributed by atoms with van der Waals surface area (Å²) in [7, 11) is 0. The van der Waals surface area contributed by atoms with Crippen molar-refractivity contribution in [1.29, 1.82) is 0 Å². The number of ether oxygens (including phenoxy) is 1. The van der Waals surface area contributed by atoms with Crippen molar-refractivity contribution >= 4 is 11.8 Å². The molecule has 0 bridgehead atoms. The number of carbonyl (C=O) groups excluding carboxylic acids is 1. The van der Waals surface area contributed by atoms with Crippen molar-refractivity contribution in [3.05, 3.63) is 75.5 Å². The van der Waals surface area contributed by atoms with Crippen molar-refractivity contribution in [3.63, 3.8) is 0 Å². The van der Waals surface area contributed by atoms with E-state index in [2.05, 4.69) is 31.2 Å². The summed E-state index contributed by atoms with van der Waals surface area (Å²) in [5.74, 6) is -0.124.